The van der Waals surface area contributed by atoms with Gasteiger partial charge in [0.25, 0.3) is 0 Å². The molecular formula is C23H23ClN4O. The normalized spacial score (nSPS) is 26.6. The summed E-state index contributed by atoms with van der Waals surface area (Å²) >= 11 is 6.01. The fraction of sp³-hybridized carbons (Fsp3) is 0.435. The Morgan fingerprint density at radius 1 is 1.17 bits per heavy atom. The molecule has 2 aliphatic heterocycles. The van der Waals surface area contributed by atoms with Crippen molar-refractivity contribution in [1.82, 2.24) is 10.3 Å². The number of anilines is 1. The number of pyridine rings is 1. The fourth-order valence-electron chi connectivity index (χ4n) is 5.16. The standard InChI is InChI=1S/C23H23ClN4O/c24-17-3-1-16(2-4-17)23(8-9-23)22(29)27-18-12-19-5-6-20(13-18)28(19)21-11-15(14-25)7-10-26-21/h1-4,7,10-11,18-20H,5-6,8-9,12-13H2,(H,27,29)/t18?,19-,20+. The van der Waals surface area contributed by atoms with Gasteiger partial charge in [-0.2, -0.15) is 5.26 Å². The first-order valence-corrected chi connectivity index (χ1v) is 10.7. The van der Waals surface area contributed by atoms with Crippen LogP contribution >= 0.6 is 11.6 Å². The molecule has 6 heteroatoms. The summed E-state index contributed by atoms with van der Waals surface area (Å²) in [5, 5.41) is 13.2. The molecule has 2 aromatic rings. The molecule has 1 amide bonds. The van der Waals surface area contributed by atoms with Crippen molar-refractivity contribution in [3.63, 3.8) is 0 Å². The third-order valence-electron chi connectivity index (χ3n) is 6.79. The van der Waals surface area contributed by atoms with Crippen LogP contribution in [0.25, 0.3) is 0 Å². The Morgan fingerprint density at radius 2 is 1.86 bits per heavy atom. The van der Waals surface area contributed by atoms with Crippen LogP contribution in [-0.4, -0.2) is 29.0 Å². The zero-order valence-electron chi connectivity index (χ0n) is 16.1. The first kappa shape index (κ1) is 18.4. The van der Waals surface area contributed by atoms with Gasteiger partial charge >= 0.3 is 0 Å². The van der Waals surface area contributed by atoms with E-state index < -0.39 is 0 Å². The molecule has 2 bridgehead atoms. The predicted molar refractivity (Wildman–Crippen MR) is 112 cm³/mol. The minimum absolute atomic E-state index is 0.155. The van der Waals surface area contributed by atoms with Crippen molar-refractivity contribution >= 4 is 23.3 Å². The van der Waals surface area contributed by atoms with E-state index in [4.69, 9.17) is 11.6 Å². The van der Waals surface area contributed by atoms with Crippen molar-refractivity contribution < 1.29 is 4.79 Å². The van der Waals surface area contributed by atoms with E-state index in [2.05, 4.69) is 21.3 Å². The number of nitriles is 1. The van der Waals surface area contributed by atoms with Gasteiger partial charge < -0.3 is 10.2 Å². The van der Waals surface area contributed by atoms with Crippen LogP contribution in [0.2, 0.25) is 5.02 Å². The van der Waals surface area contributed by atoms with Gasteiger partial charge in [0, 0.05) is 29.3 Å². The first-order chi connectivity index (χ1) is 14.1. The summed E-state index contributed by atoms with van der Waals surface area (Å²) in [7, 11) is 0. The van der Waals surface area contributed by atoms with Gasteiger partial charge in [0.05, 0.1) is 17.0 Å². The lowest BCUT2D eigenvalue weighted by molar-refractivity contribution is -0.124. The number of carbonyl (C=O) groups excluding carboxylic acids is 1. The Balaban J connectivity index is 1.29. The average Bonchev–Trinajstić information content (AvgIpc) is 3.50. The van der Waals surface area contributed by atoms with E-state index in [1.807, 2.05) is 30.3 Å². The first-order valence-electron chi connectivity index (χ1n) is 10.3. The van der Waals surface area contributed by atoms with Gasteiger partial charge in [-0.15, -0.1) is 0 Å². The number of rotatable bonds is 4. The van der Waals surface area contributed by atoms with Gasteiger partial charge in [0.2, 0.25) is 5.91 Å². The summed E-state index contributed by atoms with van der Waals surface area (Å²) in [5.41, 5.74) is 1.34. The lowest BCUT2D eigenvalue weighted by atomic mass is 9.92. The maximum atomic E-state index is 13.1. The molecule has 3 heterocycles. The minimum Gasteiger partial charge on any atom is -0.352 e. The summed E-state index contributed by atoms with van der Waals surface area (Å²) < 4.78 is 0. The van der Waals surface area contributed by atoms with Crippen LogP contribution in [0.5, 0.6) is 0 Å². The minimum atomic E-state index is -0.372. The molecule has 1 aromatic carbocycles. The summed E-state index contributed by atoms with van der Waals surface area (Å²) in [6.07, 6.45) is 7.59. The lowest BCUT2D eigenvalue weighted by Gasteiger charge is -2.40. The second-order valence-corrected chi connectivity index (χ2v) is 8.97. The molecule has 1 unspecified atom stereocenters. The van der Waals surface area contributed by atoms with E-state index in [1.165, 1.54) is 0 Å². The molecule has 3 atom stereocenters. The predicted octanol–water partition coefficient (Wildman–Crippen LogP) is 3.95. The number of piperidine rings is 1. The average molecular weight is 407 g/mol. The number of hydrogen-bond donors (Lipinski definition) is 1. The van der Waals surface area contributed by atoms with Crippen LogP contribution in [0.15, 0.2) is 42.6 Å². The molecular weight excluding hydrogens is 384 g/mol. The Hall–Kier alpha value is -2.58. The van der Waals surface area contributed by atoms with Crippen molar-refractivity contribution in [1.29, 1.82) is 5.26 Å². The number of nitrogens with one attached hydrogen (secondary N) is 1. The second-order valence-electron chi connectivity index (χ2n) is 8.54. The van der Waals surface area contributed by atoms with Crippen molar-refractivity contribution in [2.24, 2.45) is 0 Å². The summed E-state index contributed by atoms with van der Waals surface area (Å²) in [6.45, 7) is 0. The molecule has 148 valence electrons. The summed E-state index contributed by atoms with van der Waals surface area (Å²) in [6, 6.07) is 14.4. The highest BCUT2D eigenvalue weighted by atomic mass is 35.5. The molecule has 0 spiro atoms. The van der Waals surface area contributed by atoms with Gasteiger partial charge in [0.1, 0.15) is 5.82 Å². The van der Waals surface area contributed by atoms with Crippen molar-refractivity contribution in [2.75, 3.05) is 4.90 Å². The van der Waals surface area contributed by atoms with Crippen LogP contribution in [0.4, 0.5) is 5.82 Å². The van der Waals surface area contributed by atoms with E-state index in [0.717, 1.165) is 49.9 Å². The molecule has 5 nitrogen and oxygen atoms in total. The van der Waals surface area contributed by atoms with Crippen LogP contribution in [0.3, 0.4) is 0 Å². The van der Waals surface area contributed by atoms with Gasteiger partial charge in [0.15, 0.2) is 0 Å². The zero-order valence-corrected chi connectivity index (χ0v) is 16.9. The van der Waals surface area contributed by atoms with E-state index in [-0.39, 0.29) is 17.4 Å². The number of carbonyl (C=O) groups is 1. The monoisotopic (exact) mass is 406 g/mol. The third kappa shape index (κ3) is 3.26. The fourth-order valence-corrected chi connectivity index (χ4v) is 5.29. The van der Waals surface area contributed by atoms with E-state index in [1.54, 1.807) is 12.3 Å². The number of aromatic nitrogens is 1. The smallest absolute Gasteiger partial charge is 0.230 e. The van der Waals surface area contributed by atoms with Crippen molar-refractivity contribution in [3.8, 4) is 6.07 Å². The highest BCUT2D eigenvalue weighted by molar-refractivity contribution is 6.30. The summed E-state index contributed by atoms with van der Waals surface area (Å²) in [5.74, 6) is 1.04. The van der Waals surface area contributed by atoms with E-state index in [0.29, 0.717) is 22.7 Å². The lowest BCUT2D eigenvalue weighted by Crippen LogP contribution is -2.52. The van der Waals surface area contributed by atoms with Crippen molar-refractivity contribution in [2.45, 2.75) is 62.1 Å². The zero-order chi connectivity index (χ0) is 20.0. The number of fused-ring (bicyclic) bond motifs is 2. The summed E-state index contributed by atoms with van der Waals surface area (Å²) in [4.78, 5) is 20.0. The highest BCUT2D eigenvalue weighted by Crippen LogP contribution is 2.49. The quantitative estimate of drug-likeness (QED) is 0.834. The maximum absolute atomic E-state index is 13.1. The van der Waals surface area contributed by atoms with Gasteiger partial charge in [-0.1, -0.05) is 23.7 Å². The van der Waals surface area contributed by atoms with Crippen LogP contribution in [0.1, 0.15) is 49.7 Å². The Morgan fingerprint density at radius 3 is 2.48 bits per heavy atom. The molecule has 1 N–H and O–H groups in total. The largest absolute Gasteiger partial charge is 0.352 e. The molecule has 1 aromatic heterocycles. The molecule has 5 rings (SSSR count). The van der Waals surface area contributed by atoms with Gasteiger partial charge in [-0.05, 0) is 68.4 Å². The SMILES string of the molecule is N#Cc1ccnc(N2[C@@H]3CC[C@H]2CC(NC(=O)C2(c4ccc(Cl)cc4)CC2)C3)c1. The number of benzene rings is 1. The third-order valence-corrected chi connectivity index (χ3v) is 7.04. The maximum Gasteiger partial charge on any atom is 0.230 e. The van der Waals surface area contributed by atoms with Crippen LogP contribution in [-0.2, 0) is 10.2 Å². The number of hydrogen-bond acceptors (Lipinski definition) is 4. The van der Waals surface area contributed by atoms with Crippen LogP contribution < -0.4 is 10.2 Å². The molecule has 0 radical (unpaired) electrons. The number of halogens is 1. The van der Waals surface area contributed by atoms with Crippen LogP contribution in [0, 0.1) is 11.3 Å². The topological polar surface area (TPSA) is 69.0 Å². The Bertz CT molecular complexity index is 965. The highest BCUT2D eigenvalue weighted by Gasteiger charge is 2.52. The van der Waals surface area contributed by atoms with E-state index >= 15 is 0 Å². The molecule has 3 fully saturated rings. The van der Waals surface area contributed by atoms with E-state index in [9.17, 15) is 10.1 Å². The molecule has 1 saturated carbocycles. The van der Waals surface area contributed by atoms with Gasteiger partial charge in [-0.25, -0.2) is 4.98 Å². The molecule has 2 saturated heterocycles. The Labute approximate surface area is 175 Å². The van der Waals surface area contributed by atoms with Gasteiger partial charge in [-0.3, -0.25) is 4.79 Å². The second kappa shape index (κ2) is 7.03. The molecule has 29 heavy (non-hydrogen) atoms. The molecule has 1 aliphatic carbocycles. The van der Waals surface area contributed by atoms with Crippen molar-refractivity contribution in [3.05, 3.63) is 58.7 Å². The number of amides is 1. The Kier molecular flexibility index (Phi) is 4.48. The number of nitrogens with zero attached hydrogens (tertiary/aromatic N) is 3. The molecule has 3 aliphatic rings.